The van der Waals surface area contributed by atoms with Crippen molar-refractivity contribution in [1.29, 1.82) is 0 Å². The number of benzene rings is 1. The predicted octanol–water partition coefficient (Wildman–Crippen LogP) is 3.01. The molecule has 4 nitrogen and oxygen atoms in total. The Morgan fingerprint density at radius 3 is 2.89 bits per heavy atom. The van der Waals surface area contributed by atoms with Crippen LogP contribution in [0.1, 0.15) is 17.0 Å². The Hall–Kier alpha value is -2.23. The van der Waals surface area contributed by atoms with Crippen LogP contribution in [-0.4, -0.2) is 19.4 Å². The van der Waals surface area contributed by atoms with Crippen molar-refractivity contribution in [3.63, 3.8) is 0 Å². The van der Waals surface area contributed by atoms with Crippen molar-refractivity contribution in [2.45, 2.75) is 6.42 Å². The summed E-state index contributed by atoms with van der Waals surface area (Å²) in [5.74, 6) is 1.86. The fourth-order valence-corrected chi connectivity index (χ4v) is 2.11. The number of hydrogen-bond acceptors (Lipinski definition) is 4. The van der Waals surface area contributed by atoms with Crippen LogP contribution in [0.5, 0.6) is 5.75 Å². The minimum Gasteiger partial charge on any atom is -0.491 e. The molecule has 0 fully saturated rings. The molecule has 0 unspecified atom stereocenters. The van der Waals surface area contributed by atoms with Gasteiger partial charge in [-0.1, -0.05) is 12.1 Å². The summed E-state index contributed by atoms with van der Waals surface area (Å²) in [7, 11) is 0. The number of anilines is 2. The quantitative estimate of drug-likeness (QED) is 0.760. The topological polar surface area (TPSA) is 42.7 Å². The zero-order valence-electron chi connectivity index (χ0n) is 9.83. The third-order valence-electron chi connectivity index (χ3n) is 2.93. The average Bonchev–Trinajstić information content (AvgIpc) is 2.78. The molecule has 0 saturated heterocycles. The molecular weight excluding hydrogens is 230 g/mol. The standard InChI is InChI=1S/C14H13NO3/c16-10-11-6-7-14(18-11)15-8-3-9-17-13-5-2-1-4-12(13)15/h1-2,4-7,10H,3,8-9H2. The van der Waals surface area contributed by atoms with Gasteiger partial charge in [0, 0.05) is 12.6 Å². The van der Waals surface area contributed by atoms with Crippen molar-refractivity contribution in [3.8, 4) is 5.75 Å². The molecule has 1 aromatic heterocycles. The van der Waals surface area contributed by atoms with Crippen molar-refractivity contribution < 1.29 is 13.9 Å². The van der Waals surface area contributed by atoms with E-state index in [9.17, 15) is 4.79 Å². The van der Waals surface area contributed by atoms with Crippen LogP contribution in [0.15, 0.2) is 40.8 Å². The van der Waals surface area contributed by atoms with Gasteiger partial charge < -0.3 is 14.1 Å². The van der Waals surface area contributed by atoms with E-state index in [2.05, 4.69) is 0 Å². The molecule has 0 saturated carbocycles. The SMILES string of the molecule is O=Cc1ccc(N2CCCOc3ccccc32)o1. The van der Waals surface area contributed by atoms with E-state index in [1.54, 1.807) is 6.07 Å². The average molecular weight is 243 g/mol. The van der Waals surface area contributed by atoms with Gasteiger partial charge in [0.1, 0.15) is 5.75 Å². The molecule has 0 radical (unpaired) electrons. The maximum absolute atomic E-state index is 10.7. The number of aldehydes is 1. The first kappa shape index (κ1) is 10.9. The van der Waals surface area contributed by atoms with E-state index in [-0.39, 0.29) is 0 Å². The van der Waals surface area contributed by atoms with Gasteiger partial charge in [0.25, 0.3) is 0 Å². The Morgan fingerprint density at radius 2 is 2.06 bits per heavy atom. The van der Waals surface area contributed by atoms with E-state index >= 15 is 0 Å². The number of fused-ring (bicyclic) bond motifs is 1. The Bertz CT molecular complexity index is 562. The number of para-hydroxylation sites is 2. The first-order valence-corrected chi connectivity index (χ1v) is 5.93. The number of ether oxygens (including phenoxy) is 1. The van der Waals surface area contributed by atoms with Gasteiger partial charge in [-0.2, -0.15) is 0 Å². The van der Waals surface area contributed by atoms with Gasteiger partial charge in [-0.05, 0) is 24.6 Å². The van der Waals surface area contributed by atoms with Gasteiger partial charge >= 0.3 is 0 Å². The molecule has 0 bridgehead atoms. The summed E-state index contributed by atoms with van der Waals surface area (Å²) in [5.41, 5.74) is 0.974. The van der Waals surface area contributed by atoms with Crippen LogP contribution in [0.25, 0.3) is 0 Å². The smallest absolute Gasteiger partial charge is 0.200 e. The van der Waals surface area contributed by atoms with Gasteiger partial charge in [0.05, 0.1) is 12.3 Å². The first-order valence-electron chi connectivity index (χ1n) is 5.93. The second kappa shape index (κ2) is 4.56. The third kappa shape index (κ3) is 1.86. The molecule has 0 amide bonds. The number of hydrogen-bond donors (Lipinski definition) is 0. The Balaban J connectivity index is 2.03. The second-order valence-electron chi connectivity index (χ2n) is 4.12. The van der Waals surface area contributed by atoms with E-state index in [1.807, 2.05) is 35.2 Å². The second-order valence-corrected chi connectivity index (χ2v) is 4.12. The Morgan fingerprint density at radius 1 is 1.17 bits per heavy atom. The molecule has 0 spiro atoms. The summed E-state index contributed by atoms with van der Waals surface area (Å²) in [6, 6.07) is 11.3. The van der Waals surface area contributed by atoms with Crippen LogP contribution >= 0.6 is 0 Å². The molecule has 2 aromatic rings. The molecule has 2 heterocycles. The highest BCUT2D eigenvalue weighted by Gasteiger charge is 2.19. The van der Waals surface area contributed by atoms with Crippen LogP contribution in [0.2, 0.25) is 0 Å². The Kier molecular flexibility index (Phi) is 2.76. The van der Waals surface area contributed by atoms with Gasteiger partial charge in [-0.15, -0.1) is 0 Å². The zero-order chi connectivity index (χ0) is 12.4. The molecule has 92 valence electrons. The minimum absolute atomic E-state index is 0.340. The molecule has 0 atom stereocenters. The zero-order valence-corrected chi connectivity index (χ0v) is 9.83. The lowest BCUT2D eigenvalue weighted by molar-refractivity contribution is 0.110. The summed E-state index contributed by atoms with van der Waals surface area (Å²) >= 11 is 0. The minimum atomic E-state index is 0.340. The van der Waals surface area contributed by atoms with Crippen molar-refractivity contribution in [1.82, 2.24) is 0 Å². The summed E-state index contributed by atoms with van der Waals surface area (Å²) < 4.78 is 11.2. The van der Waals surface area contributed by atoms with Crippen LogP contribution in [0.4, 0.5) is 11.6 Å². The highest BCUT2D eigenvalue weighted by atomic mass is 16.5. The van der Waals surface area contributed by atoms with E-state index in [4.69, 9.17) is 9.15 Å². The maximum atomic E-state index is 10.7. The highest BCUT2D eigenvalue weighted by molar-refractivity contribution is 5.73. The molecule has 3 rings (SSSR count). The molecule has 1 aliphatic heterocycles. The lowest BCUT2D eigenvalue weighted by atomic mass is 10.2. The third-order valence-corrected chi connectivity index (χ3v) is 2.93. The van der Waals surface area contributed by atoms with Crippen molar-refractivity contribution >= 4 is 17.9 Å². The van der Waals surface area contributed by atoms with Crippen LogP contribution in [-0.2, 0) is 0 Å². The van der Waals surface area contributed by atoms with Crippen LogP contribution in [0, 0.1) is 0 Å². The number of rotatable bonds is 2. The van der Waals surface area contributed by atoms with E-state index in [0.29, 0.717) is 24.5 Å². The number of carbonyl (C=O) groups excluding carboxylic acids is 1. The van der Waals surface area contributed by atoms with Crippen molar-refractivity contribution in [2.24, 2.45) is 0 Å². The molecule has 0 aliphatic carbocycles. The molecule has 4 heteroatoms. The number of carbonyl (C=O) groups is 1. The summed E-state index contributed by atoms with van der Waals surface area (Å²) in [6.07, 6.45) is 1.62. The van der Waals surface area contributed by atoms with Gasteiger partial charge in [0.2, 0.25) is 5.88 Å². The monoisotopic (exact) mass is 243 g/mol. The molecular formula is C14H13NO3. The van der Waals surface area contributed by atoms with E-state index in [0.717, 1.165) is 24.4 Å². The largest absolute Gasteiger partial charge is 0.491 e. The van der Waals surface area contributed by atoms with Crippen molar-refractivity contribution in [2.75, 3.05) is 18.1 Å². The van der Waals surface area contributed by atoms with Crippen LogP contribution < -0.4 is 9.64 Å². The normalized spacial score (nSPS) is 14.6. The van der Waals surface area contributed by atoms with E-state index < -0.39 is 0 Å². The van der Waals surface area contributed by atoms with Crippen LogP contribution in [0.3, 0.4) is 0 Å². The highest BCUT2D eigenvalue weighted by Crippen LogP contribution is 2.36. The molecule has 0 N–H and O–H groups in total. The van der Waals surface area contributed by atoms with E-state index in [1.165, 1.54) is 0 Å². The van der Waals surface area contributed by atoms with Gasteiger partial charge in [-0.3, -0.25) is 4.79 Å². The number of nitrogens with zero attached hydrogens (tertiary/aromatic N) is 1. The molecule has 1 aromatic carbocycles. The summed E-state index contributed by atoms with van der Waals surface area (Å²) in [5, 5.41) is 0. The van der Waals surface area contributed by atoms with Crippen molar-refractivity contribution in [3.05, 3.63) is 42.2 Å². The fourth-order valence-electron chi connectivity index (χ4n) is 2.11. The summed E-state index contributed by atoms with van der Waals surface area (Å²) in [4.78, 5) is 12.7. The molecule has 1 aliphatic rings. The summed E-state index contributed by atoms with van der Waals surface area (Å²) in [6.45, 7) is 1.50. The van der Waals surface area contributed by atoms with Gasteiger partial charge in [0.15, 0.2) is 12.0 Å². The fraction of sp³-hybridized carbons (Fsp3) is 0.214. The first-order chi connectivity index (χ1) is 8.88. The number of furan rings is 1. The molecule has 18 heavy (non-hydrogen) atoms. The Labute approximate surface area is 105 Å². The predicted molar refractivity (Wildman–Crippen MR) is 67.7 cm³/mol. The van der Waals surface area contributed by atoms with Gasteiger partial charge in [-0.25, -0.2) is 0 Å². The lowest BCUT2D eigenvalue weighted by Crippen LogP contribution is -2.16. The maximum Gasteiger partial charge on any atom is 0.200 e. The lowest BCUT2D eigenvalue weighted by Gasteiger charge is -2.20.